The maximum Gasteiger partial charge on any atom is 0.309 e. The molecule has 2 amide bonds. The number of carbonyl (C=O) groups excluding carboxylic acids is 2. The summed E-state index contributed by atoms with van der Waals surface area (Å²) in [4.78, 5) is 26.0. The monoisotopic (exact) mass is 311 g/mol. The Morgan fingerprint density at radius 2 is 1.86 bits per heavy atom. The molecule has 0 aromatic carbocycles. The first-order valence-electron chi connectivity index (χ1n) is 8.55. The van der Waals surface area contributed by atoms with E-state index in [1.807, 2.05) is 0 Å². The van der Waals surface area contributed by atoms with Crippen molar-refractivity contribution in [1.82, 2.24) is 15.5 Å². The minimum Gasteiger partial charge on any atom is -0.379 e. The molecule has 1 saturated heterocycles. The highest BCUT2D eigenvalue weighted by atomic mass is 16.5. The van der Waals surface area contributed by atoms with E-state index in [0.717, 1.165) is 58.5 Å². The summed E-state index contributed by atoms with van der Waals surface area (Å²) in [6.07, 6.45) is 5.33. The Balaban J connectivity index is 1.58. The molecule has 1 saturated carbocycles. The second-order valence-corrected chi connectivity index (χ2v) is 6.41. The number of nitrogens with zero attached hydrogens (tertiary/aromatic N) is 1. The second-order valence-electron chi connectivity index (χ2n) is 6.41. The third-order valence-electron chi connectivity index (χ3n) is 4.67. The molecule has 1 aliphatic heterocycles. The summed E-state index contributed by atoms with van der Waals surface area (Å²) in [6, 6.07) is 0.153. The molecule has 0 unspecified atom stereocenters. The normalized spacial score (nSPS) is 26.4. The molecule has 2 atom stereocenters. The van der Waals surface area contributed by atoms with Crippen molar-refractivity contribution >= 4 is 11.8 Å². The zero-order chi connectivity index (χ0) is 15.8. The Kier molecular flexibility index (Phi) is 7.12. The van der Waals surface area contributed by atoms with Crippen LogP contribution >= 0.6 is 0 Å². The van der Waals surface area contributed by atoms with Crippen LogP contribution in [0.25, 0.3) is 0 Å². The number of hydrogen-bond acceptors (Lipinski definition) is 4. The summed E-state index contributed by atoms with van der Waals surface area (Å²) in [5.74, 6) is -0.517. The van der Waals surface area contributed by atoms with Crippen LogP contribution in [-0.2, 0) is 14.3 Å². The zero-order valence-electron chi connectivity index (χ0n) is 13.6. The molecule has 6 nitrogen and oxygen atoms in total. The van der Waals surface area contributed by atoms with Crippen LogP contribution in [0.3, 0.4) is 0 Å². The minimum absolute atomic E-state index is 0.153. The van der Waals surface area contributed by atoms with Crippen molar-refractivity contribution < 1.29 is 14.3 Å². The fraction of sp³-hybridized carbons (Fsp3) is 0.875. The third kappa shape index (κ3) is 5.57. The van der Waals surface area contributed by atoms with Crippen molar-refractivity contribution in [2.45, 2.75) is 45.1 Å². The van der Waals surface area contributed by atoms with Gasteiger partial charge in [-0.05, 0) is 31.7 Å². The standard InChI is InChI=1S/C16H29N3O3/c1-13-5-2-3-6-14(13)18-16(21)15(20)17-7-4-8-19-9-11-22-12-10-19/h13-14H,2-12H2,1H3,(H,17,20)(H,18,21)/t13-,14+/m0/s1. The number of carbonyl (C=O) groups is 2. The molecule has 2 N–H and O–H groups in total. The highest BCUT2D eigenvalue weighted by Gasteiger charge is 2.25. The first kappa shape index (κ1) is 17.2. The average Bonchev–Trinajstić information content (AvgIpc) is 2.54. The van der Waals surface area contributed by atoms with Crippen molar-refractivity contribution in [3.8, 4) is 0 Å². The van der Waals surface area contributed by atoms with E-state index in [2.05, 4.69) is 22.5 Å². The number of amides is 2. The van der Waals surface area contributed by atoms with E-state index in [1.54, 1.807) is 0 Å². The van der Waals surface area contributed by atoms with Gasteiger partial charge in [-0.1, -0.05) is 19.8 Å². The molecular weight excluding hydrogens is 282 g/mol. The van der Waals surface area contributed by atoms with Crippen LogP contribution in [0.15, 0.2) is 0 Å². The van der Waals surface area contributed by atoms with Gasteiger partial charge in [0.05, 0.1) is 13.2 Å². The number of nitrogens with one attached hydrogen (secondary N) is 2. The topological polar surface area (TPSA) is 70.7 Å². The van der Waals surface area contributed by atoms with Gasteiger partial charge < -0.3 is 15.4 Å². The van der Waals surface area contributed by atoms with E-state index in [9.17, 15) is 9.59 Å². The molecule has 0 bridgehead atoms. The molecule has 1 heterocycles. The maximum absolute atomic E-state index is 11.9. The SMILES string of the molecule is C[C@H]1CCCC[C@H]1NC(=O)C(=O)NCCCN1CCOCC1. The van der Waals surface area contributed by atoms with Crippen LogP contribution in [-0.4, -0.2) is 62.1 Å². The lowest BCUT2D eigenvalue weighted by atomic mass is 9.86. The van der Waals surface area contributed by atoms with Crippen LogP contribution in [0.4, 0.5) is 0 Å². The predicted molar refractivity (Wildman–Crippen MR) is 84.4 cm³/mol. The Bertz CT molecular complexity index is 370. The molecular formula is C16H29N3O3. The molecule has 2 rings (SSSR count). The summed E-state index contributed by atoms with van der Waals surface area (Å²) in [5, 5.41) is 5.60. The Morgan fingerprint density at radius 3 is 2.59 bits per heavy atom. The van der Waals surface area contributed by atoms with Crippen LogP contribution in [0.5, 0.6) is 0 Å². The van der Waals surface area contributed by atoms with E-state index in [4.69, 9.17) is 4.74 Å². The van der Waals surface area contributed by atoms with Crippen molar-refractivity contribution in [2.75, 3.05) is 39.4 Å². The van der Waals surface area contributed by atoms with Crippen LogP contribution in [0.2, 0.25) is 0 Å². The Labute approximate surface area is 132 Å². The van der Waals surface area contributed by atoms with Crippen molar-refractivity contribution in [3.63, 3.8) is 0 Å². The van der Waals surface area contributed by atoms with Gasteiger partial charge in [0.2, 0.25) is 0 Å². The largest absolute Gasteiger partial charge is 0.379 e. The van der Waals surface area contributed by atoms with Gasteiger partial charge >= 0.3 is 11.8 Å². The summed E-state index contributed by atoms with van der Waals surface area (Å²) >= 11 is 0. The first-order valence-corrected chi connectivity index (χ1v) is 8.55. The van der Waals surface area contributed by atoms with E-state index in [0.29, 0.717) is 12.5 Å². The van der Waals surface area contributed by atoms with E-state index in [-0.39, 0.29) is 6.04 Å². The molecule has 1 aliphatic carbocycles. The van der Waals surface area contributed by atoms with Gasteiger partial charge in [-0.25, -0.2) is 0 Å². The van der Waals surface area contributed by atoms with Gasteiger partial charge in [-0.3, -0.25) is 14.5 Å². The average molecular weight is 311 g/mol. The molecule has 6 heteroatoms. The van der Waals surface area contributed by atoms with Gasteiger partial charge in [-0.2, -0.15) is 0 Å². The zero-order valence-corrected chi connectivity index (χ0v) is 13.6. The summed E-state index contributed by atoms with van der Waals surface area (Å²) < 4.78 is 5.29. The number of morpholine rings is 1. The van der Waals surface area contributed by atoms with Gasteiger partial charge in [0.15, 0.2) is 0 Å². The smallest absolute Gasteiger partial charge is 0.309 e. The van der Waals surface area contributed by atoms with Crippen LogP contribution in [0.1, 0.15) is 39.0 Å². The van der Waals surface area contributed by atoms with Crippen molar-refractivity contribution in [2.24, 2.45) is 5.92 Å². The fourth-order valence-corrected chi connectivity index (χ4v) is 3.17. The number of hydrogen-bond donors (Lipinski definition) is 2. The molecule has 2 aliphatic rings. The van der Waals surface area contributed by atoms with Gasteiger partial charge in [-0.15, -0.1) is 0 Å². The molecule has 0 spiro atoms. The Hall–Kier alpha value is -1.14. The van der Waals surface area contributed by atoms with E-state index >= 15 is 0 Å². The third-order valence-corrected chi connectivity index (χ3v) is 4.67. The number of ether oxygens (including phenoxy) is 1. The molecule has 0 radical (unpaired) electrons. The van der Waals surface area contributed by atoms with Crippen molar-refractivity contribution in [3.05, 3.63) is 0 Å². The van der Waals surface area contributed by atoms with Gasteiger partial charge in [0, 0.05) is 25.7 Å². The quantitative estimate of drug-likeness (QED) is 0.574. The molecule has 0 aromatic heterocycles. The maximum atomic E-state index is 11.9. The first-order chi connectivity index (χ1) is 10.7. The summed E-state index contributed by atoms with van der Waals surface area (Å²) in [6.45, 7) is 7.10. The summed E-state index contributed by atoms with van der Waals surface area (Å²) in [5.41, 5.74) is 0. The highest BCUT2D eigenvalue weighted by molar-refractivity contribution is 6.35. The molecule has 0 aromatic rings. The van der Waals surface area contributed by atoms with E-state index < -0.39 is 11.8 Å². The Morgan fingerprint density at radius 1 is 1.14 bits per heavy atom. The fourth-order valence-electron chi connectivity index (χ4n) is 3.17. The lowest BCUT2D eigenvalue weighted by Crippen LogP contribution is -2.48. The van der Waals surface area contributed by atoms with Crippen LogP contribution in [0, 0.1) is 5.92 Å². The highest BCUT2D eigenvalue weighted by Crippen LogP contribution is 2.23. The van der Waals surface area contributed by atoms with Crippen molar-refractivity contribution in [1.29, 1.82) is 0 Å². The summed E-state index contributed by atoms with van der Waals surface area (Å²) in [7, 11) is 0. The van der Waals surface area contributed by atoms with Crippen LogP contribution < -0.4 is 10.6 Å². The van der Waals surface area contributed by atoms with E-state index in [1.165, 1.54) is 6.42 Å². The lowest BCUT2D eigenvalue weighted by Gasteiger charge is -2.29. The predicted octanol–water partition coefficient (Wildman–Crippen LogP) is 0.520. The molecule has 126 valence electrons. The van der Waals surface area contributed by atoms with Gasteiger partial charge in [0.25, 0.3) is 0 Å². The lowest BCUT2D eigenvalue weighted by molar-refractivity contribution is -0.140. The minimum atomic E-state index is -0.500. The second kappa shape index (κ2) is 9.10. The molecule has 22 heavy (non-hydrogen) atoms. The number of rotatable bonds is 5. The molecule has 2 fully saturated rings. The van der Waals surface area contributed by atoms with Gasteiger partial charge in [0.1, 0.15) is 0 Å².